The number of benzene rings is 1. The molecule has 1 aromatic rings. The third-order valence-corrected chi connectivity index (χ3v) is 3.79. The fraction of sp³-hybridized carbons (Fsp3) is 0.333. The van der Waals surface area contributed by atoms with E-state index in [1.54, 1.807) is 6.08 Å². The highest BCUT2D eigenvalue weighted by atomic mass is 79.9. The Bertz CT molecular complexity index is 612. The van der Waals surface area contributed by atoms with E-state index in [1.165, 1.54) is 5.56 Å². The Labute approximate surface area is 134 Å². The molecule has 1 atom stereocenters. The third kappa shape index (κ3) is 4.04. The van der Waals surface area contributed by atoms with E-state index in [-0.39, 0.29) is 11.7 Å². The average molecular weight is 347 g/mol. The van der Waals surface area contributed by atoms with Crippen molar-refractivity contribution in [3.63, 3.8) is 0 Å². The van der Waals surface area contributed by atoms with Crippen LogP contribution in [0.2, 0.25) is 0 Å². The molecule has 0 spiro atoms. The van der Waals surface area contributed by atoms with Crippen molar-refractivity contribution >= 4 is 27.4 Å². The molecule has 0 bridgehead atoms. The van der Waals surface area contributed by atoms with E-state index >= 15 is 0 Å². The zero-order valence-electron chi connectivity index (χ0n) is 12.5. The van der Waals surface area contributed by atoms with E-state index in [9.17, 15) is 4.79 Å². The summed E-state index contributed by atoms with van der Waals surface area (Å²) in [5.41, 5.74) is 3.46. The molecule has 0 aromatic heterocycles. The smallest absolute Gasteiger partial charge is 0.131 e. The van der Waals surface area contributed by atoms with Crippen molar-refractivity contribution in [1.29, 1.82) is 0 Å². The van der Waals surface area contributed by atoms with Crippen LogP contribution < -0.4 is 0 Å². The summed E-state index contributed by atoms with van der Waals surface area (Å²) in [6, 6.07) is 8.26. The second-order valence-electron chi connectivity index (χ2n) is 5.98. The quantitative estimate of drug-likeness (QED) is 0.595. The Morgan fingerprint density at radius 1 is 1.24 bits per heavy atom. The second-order valence-corrected chi connectivity index (χ2v) is 6.54. The SMILES string of the molecule is CC(C)(C)OC1C(=C=O)C=CC=C1c1ccc(CBr)cc1. The van der Waals surface area contributed by atoms with Crippen molar-refractivity contribution in [2.75, 3.05) is 0 Å². The maximum Gasteiger partial charge on any atom is 0.131 e. The lowest BCUT2D eigenvalue weighted by atomic mass is 9.90. The maximum atomic E-state index is 11.2. The predicted molar refractivity (Wildman–Crippen MR) is 90.0 cm³/mol. The molecule has 0 heterocycles. The molecule has 1 aliphatic carbocycles. The zero-order valence-corrected chi connectivity index (χ0v) is 14.1. The van der Waals surface area contributed by atoms with Crippen LogP contribution in [-0.2, 0) is 14.9 Å². The van der Waals surface area contributed by atoms with Crippen molar-refractivity contribution in [3.05, 3.63) is 59.2 Å². The Morgan fingerprint density at radius 2 is 1.90 bits per heavy atom. The fourth-order valence-electron chi connectivity index (χ4n) is 2.20. The Balaban J connectivity index is 2.39. The molecular formula is C18H19BrO2. The zero-order chi connectivity index (χ0) is 15.5. The van der Waals surface area contributed by atoms with Gasteiger partial charge in [0.25, 0.3) is 0 Å². The van der Waals surface area contributed by atoms with Gasteiger partial charge in [0.1, 0.15) is 12.0 Å². The number of allylic oxidation sites excluding steroid dienone is 2. The van der Waals surface area contributed by atoms with Gasteiger partial charge in [-0.1, -0.05) is 52.3 Å². The topological polar surface area (TPSA) is 26.3 Å². The molecule has 2 nitrogen and oxygen atoms in total. The Morgan fingerprint density at radius 3 is 2.43 bits per heavy atom. The standard InChI is InChI=1S/C18H19BrO2/c1-18(2,3)21-17-15(12-20)5-4-6-16(17)14-9-7-13(11-19)8-10-14/h4-10,17H,11H2,1-3H3. The Kier molecular flexibility index (Phi) is 5.00. The van der Waals surface area contributed by atoms with Gasteiger partial charge < -0.3 is 4.74 Å². The van der Waals surface area contributed by atoms with E-state index in [0.29, 0.717) is 5.57 Å². The molecule has 21 heavy (non-hydrogen) atoms. The summed E-state index contributed by atoms with van der Waals surface area (Å²) >= 11 is 3.44. The van der Waals surface area contributed by atoms with Gasteiger partial charge in [-0.15, -0.1) is 0 Å². The van der Waals surface area contributed by atoms with Crippen molar-refractivity contribution in [2.45, 2.75) is 37.8 Å². The van der Waals surface area contributed by atoms with Gasteiger partial charge >= 0.3 is 0 Å². The van der Waals surface area contributed by atoms with Crippen LogP contribution in [0.1, 0.15) is 31.9 Å². The molecule has 0 aliphatic heterocycles. The van der Waals surface area contributed by atoms with Crippen LogP contribution in [0.5, 0.6) is 0 Å². The molecule has 0 fully saturated rings. The Hall–Kier alpha value is -1.41. The summed E-state index contributed by atoms with van der Waals surface area (Å²) in [5, 5.41) is 0.827. The van der Waals surface area contributed by atoms with Gasteiger partial charge in [0, 0.05) is 5.33 Å². The van der Waals surface area contributed by atoms with E-state index in [1.807, 2.05) is 38.9 Å². The lowest BCUT2D eigenvalue weighted by molar-refractivity contribution is -0.0168. The minimum Gasteiger partial charge on any atom is -0.362 e. The highest BCUT2D eigenvalue weighted by molar-refractivity contribution is 9.08. The number of hydrogen-bond acceptors (Lipinski definition) is 2. The van der Waals surface area contributed by atoms with Crippen molar-refractivity contribution in [1.82, 2.24) is 0 Å². The highest BCUT2D eigenvalue weighted by Gasteiger charge is 2.27. The van der Waals surface area contributed by atoms with E-state index in [2.05, 4.69) is 40.2 Å². The molecule has 110 valence electrons. The molecule has 0 amide bonds. The molecule has 0 N–H and O–H groups in total. The molecule has 0 saturated carbocycles. The number of alkyl halides is 1. The van der Waals surface area contributed by atoms with E-state index in [4.69, 9.17) is 4.74 Å². The van der Waals surface area contributed by atoms with Crippen LogP contribution in [-0.4, -0.2) is 17.6 Å². The van der Waals surface area contributed by atoms with E-state index < -0.39 is 0 Å². The number of rotatable bonds is 3. The predicted octanol–water partition coefficient (Wildman–Crippen LogP) is 4.48. The molecular weight excluding hydrogens is 328 g/mol. The first-order valence-electron chi connectivity index (χ1n) is 6.91. The summed E-state index contributed by atoms with van der Waals surface area (Å²) in [6.45, 7) is 5.96. The molecule has 3 heteroatoms. The molecule has 0 radical (unpaired) electrons. The largest absolute Gasteiger partial charge is 0.362 e. The minimum absolute atomic E-state index is 0.340. The van der Waals surface area contributed by atoms with Crippen LogP contribution in [0.25, 0.3) is 5.57 Å². The lowest BCUT2D eigenvalue weighted by Gasteiger charge is -2.30. The number of ether oxygens (including phenoxy) is 1. The van der Waals surface area contributed by atoms with Crippen molar-refractivity contribution in [2.24, 2.45) is 0 Å². The first-order valence-corrected chi connectivity index (χ1v) is 8.03. The monoisotopic (exact) mass is 346 g/mol. The normalized spacial score (nSPS) is 18.4. The molecule has 1 unspecified atom stereocenters. The van der Waals surface area contributed by atoms with Gasteiger partial charge in [-0.2, -0.15) is 0 Å². The highest BCUT2D eigenvalue weighted by Crippen LogP contribution is 2.32. The van der Waals surface area contributed by atoms with Gasteiger partial charge in [-0.3, -0.25) is 0 Å². The van der Waals surface area contributed by atoms with Crippen LogP contribution in [0.15, 0.2) is 48.1 Å². The van der Waals surface area contributed by atoms with Gasteiger partial charge in [-0.25, -0.2) is 4.79 Å². The van der Waals surface area contributed by atoms with Crippen molar-refractivity contribution < 1.29 is 9.53 Å². The summed E-state index contributed by atoms with van der Waals surface area (Å²) in [4.78, 5) is 11.2. The summed E-state index contributed by atoms with van der Waals surface area (Å²) in [6.07, 6.45) is 5.26. The third-order valence-electron chi connectivity index (χ3n) is 3.15. The van der Waals surface area contributed by atoms with Gasteiger partial charge in [0.05, 0.1) is 11.2 Å². The van der Waals surface area contributed by atoms with E-state index in [0.717, 1.165) is 16.5 Å². The minimum atomic E-state index is -0.373. The van der Waals surface area contributed by atoms with Gasteiger partial charge in [0.15, 0.2) is 0 Å². The second kappa shape index (κ2) is 6.57. The van der Waals surface area contributed by atoms with Crippen LogP contribution in [0, 0.1) is 0 Å². The van der Waals surface area contributed by atoms with Crippen LogP contribution in [0.4, 0.5) is 0 Å². The summed E-state index contributed by atoms with van der Waals surface area (Å²) < 4.78 is 6.08. The summed E-state index contributed by atoms with van der Waals surface area (Å²) in [5.74, 6) is 2.01. The molecule has 2 rings (SSSR count). The first kappa shape index (κ1) is 16.0. The molecule has 0 saturated heterocycles. The average Bonchev–Trinajstić information content (AvgIpc) is 2.46. The fourth-order valence-corrected chi connectivity index (χ4v) is 2.57. The van der Waals surface area contributed by atoms with Crippen molar-refractivity contribution in [3.8, 4) is 0 Å². The molecule has 1 aromatic carbocycles. The lowest BCUT2D eigenvalue weighted by Crippen LogP contribution is -2.30. The molecule has 1 aliphatic rings. The van der Waals surface area contributed by atoms with Gasteiger partial charge in [-0.05, 0) is 43.5 Å². The summed E-state index contributed by atoms with van der Waals surface area (Å²) in [7, 11) is 0. The first-order chi connectivity index (χ1) is 9.94. The number of halogens is 1. The number of hydrogen-bond donors (Lipinski definition) is 0. The van der Waals surface area contributed by atoms with Gasteiger partial charge in [0.2, 0.25) is 0 Å². The maximum absolute atomic E-state index is 11.2. The van der Waals surface area contributed by atoms with Crippen LogP contribution >= 0.6 is 15.9 Å². The number of carbonyl (C=O) groups excluding carboxylic acids is 1. The van der Waals surface area contributed by atoms with Crippen LogP contribution in [0.3, 0.4) is 0 Å².